The molecule has 7 nitrogen and oxygen atoms in total. The highest BCUT2D eigenvalue weighted by molar-refractivity contribution is 5.93. The van der Waals surface area contributed by atoms with Crippen LogP contribution in [0.25, 0.3) is 6.08 Å². The Kier molecular flexibility index (Phi) is 5.06. The van der Waals surface area contributed by atoms with Crippen molar-refractivity contribution in [2.24, 2.45) is 5.73 Å². The van der Waals surface area contributed by atoms with Crippen LogP contribution in [0.3, 0.4) is 0 Å². The summed E-state index contributed by atoms with van der Waals surface area (Å²) in [5.41, 5.74) is 8.05. The first kappa shape index (κ1) is 17.7. The number of H-pyrrole nitrogens is 1. The number of primary amides is 1. The molecule has 1 amide bonds. The van der Waals surface area contributed by atoms with Crippen LogP contribution in [0.1, 0.15) is 28.5 Å². The SMILES string of the molecule is C/C=C\c1nc(N2CCN(c3cccc(C(N)=O)c3)CC2)[nH]c(=O)c1C. The molecule has 1 saturated heterocycles. The molecule has 7 heteroatoms. The molecule has 0 spiro atoms. The molecule has 0 radical (unpaired) electrons. The Bertz CT molecular complexity index is 895. The van der Waals surface area contributed by atoms with Crippen LogP contribution in [-0.2, 0) is 0 Å². The number of nitrogens with two attached hydrogens (primary N) is 1. The normalized spacial score (nSPS) is 14.8. The van der Waals surface area contributed by atoms with Crippen molar-refractivity contribution in [3.05, 3.63) is 57.5 Å². The quantitative estimate of drug-likeness (QED) is 0.869. The molecule has 0 atom stereocenters. The number of nitrogens with zero attached hydrogens (tertiary/aromatic N) is 3. The summed E-state index contributed by atoms with van der Waals surface area (Å²) in [7, 11) is 0. The van der Waals surface area contributed by atoms with Crippen molar-refractivity contribution in [3.8, 4) is 0 Å². The molecule has 0 aliphatic carbocycles. The number of hydrogen-bond donors (Lipinski definition) is 2. The number of carbonyl (C=O) groups excluding carboxylic acids is 1. The lowest BCUT2D eigenvalue weighted by atomic mass is 10.1. The van der Waals surface area contributed by atoms with Gasteiger partial charge in [-0.05, 0) is 38.1 Å². The topological polar surface area (TPSA) is 95.3 Å². The molecule has 1 aliphatic rings. The fourth-order valence-corrected chi connectivity index (χ4v) is 3.04. The highest BCUT2D eigenvalue weighted by atomic mass is 16.1. The van der Waals surface area contributed by atoms with Crippen molar-refractivity contribution in [2.45, 2.75) is 13.8 Å². The first-order valence-corrected chi connectivity index (χ1v) is 8.63. The maximum absolute atomic E-state index is 12.2. The number of benzene rings is 1. The Balaban J connectivity index is 1.76. The molecule has 1 aliphatic heterocycles. The standard InChI is InChI=1S/C19H23N5O2/c1-3-5-16-13(2)18(26)22-19(21-16)24-10-8-23(9-11-24)15-7-4-6-14(12-15)17(20)25/h3-7,12H,8-11H2,1-2H3,(H2,20,25)(H,21,22,26)/b5-3-. The highest BCUT2D eigenvalue weighted by Crippen LogP contribution is 2.20. The Morgan fingerprint density at radius 1 is 1.23 bits per heavy atom. The summed E-state index contributed by atoms with van der Waals surface area (Å²) in [5.74, 6) is 0.169. The van der Waals surface area contributed by atoms with Crippen molar-refractivity contribution >= 4 is 23.6 Å². The van der Waals surface area contributed by atoms with E-state index in [1.807, 2.05) is 37.3 Å². The summed E-state index contributed by atoms with van der Waals surface area (Å²) in [4.78, 5) is 35.2. The minimum Gasteiger partial charge on any atom is -0.368 e. The molecule has 2 heterocycles. The number of carbonyl (C=O) groups is 1. The number of amides is 1. The molecule has 1 fully saturated rings. The molecule has 0 bridgehead atoms. The average molecular weight is 353 g/mol. The third-order valence-corrected chi connectivity index (χ3v) is 4.58. The molecule has 3 N–H and O–H groups in total. The first-order valence-electron chi connectivity index (χ1n) is 8.63. The van der Waals surface area contributed by atoms with Crippen LogP contribution in [0.15, 0.2) is 35.1 Å². The molecule has 1 aromatic carbocycles. The summed E-state index contributed by atoms with van der Waals surface area (Å²) in [5, 5.41) is 0. The maximum atomic E-state index is 12.2. The van der Waals surface area contributed by atoms with Crippen molar-refractivity contribution < 1.29 is 4.79 Å². The fourth-order valence-electron chi connectivity index (χ4n) is 3.04. The minimum absolute atomic E-state index is 0.111. The van der Waals surface area contributed by atoms with Crippen molar-refractivity contribution in [3.63, 3.8) is 0 Å². The second kappa shape index (κ2) is 7.43. The number of anilines is 2. The lowest BCUT2D eigenvalue weighted by molar-refractivity contribution is 0.100. The van der Waals surface area contributed by atoms with Crippen LogP contribution in [0.4, 0.5) is 11.6 Å². The molecule has 26 heavy (non-hydrogen) atoms. The van der Waals surface area contributed by atoms with Gasteiger partial charge in [-0.1, -0.05) is 12.1 Å². The summed E-state index contributed by atoms with van der Waals surface area (Å²) in [6.45, 7) is 6.65. The van der Waals surface area contributed by atoms with E-state index in [9.17, 15) is 9.59 Å². The zero-order chi connectivity index (χ0) is 18.7. The average Bonchev–Trinajstić information content (AvgIpc) is 2.65. The van der Waals surface area contributed by atoms with Gasteiger partial charge in [-0.3, -0.25) is 14.6 Å². The second-order valence-electron chi connectivity index (χ2n) is 6.29. The van der Waals surface area contributed by atoms with Gasteiger partial charge in [-0.25, -0.2) is 4.98 Å². The summed E-state index contributed by atoms with van der Waals surface area (Å²) >= 11 is 0. The number of rotatable bonds is 4. The van der Waals surface area contributed by atoms with E-state index in [-0.39, 0.29) is 5.56 Å². The third kappa shape index (κ3) is 3.61. The molecule has 3 rings (SSSR count). The lowest BCUT2D eigenvalue weighted by Crippen LogP contribution is -2.47. The van der Waals surface area contributed by atoms with Gasteiger partial charge >= 0.3 is 0 Å². The van der Waals surface area contributed by atoms with E-state index in [1.54, 1.807) is 13.0 Å². The van der Waals surface area contributed by atoms with E-state index in [0.717, 1.165) is 31.9 Å². The van der Waals surface area contributed by atoms with Gasteiger partial charge in [0.1, 0.15) is 0 Å². The fraction of sp³-hybridized carbons (Fsp3) is 0.316. The van der Waals surface area contributed by atoms with Crippen molar-refractivity contribution in [1.29, 1.82) is 0 Å². The Hall–Kier alpha value is -3.09. The van der Waals surface area contributed by atoms with Crippen LogP contribution >= 0.6 is 0 Å². The number of aromatic nitrogens is 2. The van der Waals surface area contributed by atoms with E-state index < -0.39 is 5.91 Å². The molecular formula is C19H23N5O2. The maximum Gasteiger partial charge on any atom is 0.255 e. The third-order valence-electron chi connectivity index (χ3n) is 4.58. The molecular weight excluding hydrogens is 330 g/mol. The van der Waals surface area contributed by atoms with Crippen LogP contribution in [0, 0.1) is 6.92 Å². The van der Waals surface area contributed by atoms with Crippen molar-refractivity contribution in [1.82, 2.24) is 9.97 Å². The van der Waals surface area contributed by atoms with Gasteiger partial charge in [-0.2, -0.15) is 0 Å². The van der Waals surface area contributed by atoms with Gasteiger partial charge < -0.3 is 15.5 Å². The van der Waals surface area contributed by atoms with E-state index in [4.69, 9.17) is 5.73 Å². The number of piperazine rings is 1. The largest absolute Gasteiger partial charge is 0.368 e. The molecule has 0 unspecified atom stereocenters. The predicted octanol–water partition coefficient (Wildman–Crippen LogP) is 1.54. The molecule has 136 valence electrons. The Labute approximate surface area is 152 Å². The Morgan fingerprint density at radius 2 is 1.92 bits per heavy atom. The monoisotopic (exact) mass is 353 g/mol. The minimum atomic E-state index is -0.427. The molecule has 2 aromatic rings. The van der Waals surface area contributed by atoms with Gasteiger partial charge in [0.25, 0.3) is 5.56 Å². The van der Waals surface area contributed by atoms with E-state index in [2.05, 4.69) is 19.8 Å². The zero-order valence-electron chi connectivity index (χ0n) is 15.0. The number of allylic oxidation sites excluding steroid dienone is 1. The lowest BCUT2D eigenvalue weighted by Gasteiger charge is -2.36. The van der Waals surface area contributed by atoms with Gasteiger partial charge in [0.05, 0.1) is 5.69 Å². The van der Waals surface area contributed by atoms with Crippen LogP contribution < -0.4 is 21.1 Å². The van der Waals surface area contributed by atoms with Crippen molar-refractivity contribution in [2.75, 3.05) is 36.0 Å². The number of nitrogens with one attached hydrogen (secondary N) is 1. The van der Waals surface area contributed by atoms with Crippen LogP contribution in [0.2, 0.25) is 0 Å². The summed E-state index contributed by atoms with van der Waals surface area (Å²) in [6, 6.07) is 7.34. The Morgan fingerprint density at radius 3 is 2.58 bits per heavy atom. The number of hydrogen-bond acceptors (Lipinski definition) is 5. The van der Waals surface area contributed by atoms with Gasteiger partial charge in [0, 0.05) is 43.0 Å². The zero-order valence-corrected chi connectivity index (χ0v) is 15.0. The highest BCUT2D eigenvalue weighted by Gasteiger charge is 2.20. The molecule has 0 saturated carbocycles. The van der Waals surface area contributed by atoms with E-state index in [0.29, 0.717) is 22.8 Å². The number of aromatic amines is 1. The summed E-state index contributed by atoms with van der Waals surface area (Å²) in [6.07, 6.45) is 3.72. The predicted molar refractivity (Wildman–Crippen MR) is 104 cm³/mol. The first-order chi connectivity index (χ1) is 12.5. The smallest absolute Gasteiger partial charge is 0.255 e. The van der Waals surface area contributed by atoms with Crippen LogP contribution in [-0.4, -0.2) is 42.1 Å². The second-order valence-corrected chi connectivity index (χ2v) is 6.29. The van der Waals surface area contributed by atoms with Gasteiger partial charge in [-0.15, -0.1) is 0 Å². The van der Waals surface area contributed by atoms with E-state index in [1.165, 1.54) is 0 Å². The van der Waals surface area contributed by atoms with Crippen LogP contribution in [0.5, 0.6) is 0 Å². The van der Waals surface area contributed by atoms with Gasteiger partial charge in [0.2, 0.25) is 11.9 Å². The summed E-state index contributed by atoms with van der Waals surface area (Å²) < 4.78 is 0. The van der Waals surface area contributed by atoms with Gasteiger partial charge in [0.15, 0.2) is 0 Å². The molecule has 1 aromatic heterocycles. The van der Waals surface area contributed by atoms with E-state index >= 15 is 0 Å².